The van der Waals surface area contributed by atoms with Gasteiger partial charge in [0.05, 0.1) is 31.2 Å². The number of ether oxygens (including phenoxy) is 1. The van der Waals surface area contributed by atoms with Crippen LogP contribution in [0.15, 0.2) is 42.5 Å². The van der Waals surface area contributed by atoms with Gasteiger partial charge in [-0.1, -0.05) is 18.2 Å². The second-order valence-corrected chi connectivity index (χ2v) is 10.3. The molecule has 2 unspecified atom stereocenters. The molecule has 182 valence electrons. The van der Waals surface area contributed by atoms with Crippen LogP contribution in [0.2, 0.25) is 0 Å². The first-order valence-corrected chi connectivity index (χ1v) is 13.0. The average molecular weight is 472 g/mol. The van der Waals surface area contributed by atoms with Gasteiger partial charge in [0.15, 0.2) is 0 Å². The maximum absolute atomic E-state index is 12.3. The average Bonchev–Trinajstić information content (AvgIpc) is 3.63. The van der Waals surface area contributed by atoms with Crippen molar-refractivity contribution in [2.75, 3.05) is 48.0 Å². The van der Waals surface area contributed by atoms with Crippen LogP contribution in [-0.2, 0) is 4.74 Å². The lowest BCUT2D eigenvalue weighted by atomic mass is 9.91. The molecule has 0 radical (unpaired) electrons. The van der Waals surface area contributed by atoms with Crippen molar-refractivity contribution in [3.63, 3.8) is 0 Å². The molecule has 0 aromatic heterocycles. The summed E-state index contributed by atoms with van der Waals surface area (Å²) in [5.41, 5.74) is 5.42. The lowest BCUT2D eigenvalue weighted by molar-refractivity contribution is 0.122. The second-order valence-electron chi connectivity index (χ2n) is 10.3. The van der Waals surface area contributed by atoms with E-state index < -0.39 is 0 Å². The van der Waals surface area contributed by atoms with Crippen molar-refractivity contribution in [2.24, 2.45) is 5.92 Å². The van der Waals surface area contributed by atoms with Gasteiger partial charge in [0.1, 0.15) is 0 Å². The Bertz CT molecular complexity index is 1110. The fourth-order valence-corrected chi connectivity index (χ4v) is 5.53. The molecule has 2 N–H and O–H groups in total. The van der Waals surface area contributed by atoms with E-state index in [1.807, 2.05) is 12.1 Å². The van der Waals surface area contributed by atoms with Crippen LogP contribution in [0.25, 0.3) is 0 Å². The Morgan fingerprint density at radius 3 is 2.49 bits per heavy atom. The van der Waals surface area contributed by atoms with Crippen molar-refractivity contribution < 1.29 is 9.53 Å². The van der Waals surface area contributed by atoms with Gasteiger partial charge >= 0.3 is 6.03 Å². The minimum atomic E-state index is -0.219. The minimum Gasteiger partial charge on any atom is -0.378 e. The Kier molecular flexibility index (Phi) is 5.99. The summed E-state index contributed by atoms with van der Waals surface area (Å²) < 4.78 is 5.54. The number of morpholine rings is 1. The van der Waals surface area contributed by atoms with Crippen LogP contribution in [0, 0.1) is 17.2 Å². The molecule has 2 aliphatic carbocycles. The number of amides is 2. The number of anilines is 3. The molecule has 7 heteroatoms. The summed E-state index contributed by atoms with van der Waals surface area (Å²) in [6, 6.07) is 17.4. The van der Waals surface area contributed by atoms with Crippen molar-refractivity contribution in [2.45, 2.75) is 50.1 Å². The Morgan fingerprint density at radius 2 is 1.83 bits per heavy atom. The van der Waals surface area contributed by atoms with E-state index in [9.17, 15) is 10.1 Å². The molecule has 1 saturated heterocycles. The van der Waals surface area contributed by atoms with E-state index in [0.717, 1.165) is 62.5 Å². The molecule has 2 saturated carbocycles. The number of rotatable bonds is 6. The zero-order chi connectivity index (χ0) is 23.8. The van der Waals surface area contributed by atoms with Crippen molar-refractivity contribution in [3.05, 3.63) is 53.6 Å². The number of nitrogens with zero attached hydrogens (tertiary/aromatic N) is 3. The summed E-state index contributed by atoms with van der Waals surface area (Å²) >= 11 is 0. The third kappa shape index (κ3) is 4.55. The monoisotopic (exact) mass is 471 g/mol. The largest absolute Gasteiger partial charge is 0.378 e. The molecule has 0 bridgehead atoms. The van der Waals surface area contributed by atoms with E-state index >= 15 is 0 Å². The van der Waals surface area contributed by atoms with E-state index in [2.05, 4.69) is 56.8 Å². The predicted molar refractivity (Wildman–Crippen MR) is 137 cm³/mol. The maximum Gasteiger partial charge on any atom is 0.319 e. The second kappa shape index (κ2) is 9.43. The molecule has 2 aromatic carbocycles. The van der Waals surface area contributed by atoms with Gasteiger partial charge < -0.3 is 25.2 Å². The van der Waals surface area contributed by atoms with E-state index in [4.69, 9.17) is 4.74 Å². The van der Waals surface area contributed by atoms with Gasteiger partial charge in [-0.3, -0.25) is 0 Å². The topological polar surface area (TPSA) is 80.6 Å². The van der Waals surface area contributed by atoms with Crippen LogP contribution in [0.3, 0.4) is 0 Å². The number of nitrogens with one attached hydrogen (secondary N) is 2. The highest BCUT2D eigenvalue weighted by atomic mass is 16.5. The highest BCUT2D eigenvalue weighted by Gasteiger charge is 2.42. The Labute approximate surface area is 207 Å². The van der Waals surface area contributed by atoms with Crippen molar-refractivity contribution >= 4 is 23.1 Å². The summed E-state index contributed by atoms with van der Waals surface area (Å²) in [6.45, 7) is 4.29. The molecule has 2 atom stereocenters. The molecular weight excluding hydrogens is 438 g/mol. The van der Waals surface area contributed by atoms with Crippen molar-refractivity contribution in [3.8, 4) is 6.07 Å². The minimum absolute atomic E-state index is 0.0200. The molecule has 2 heterocycles. The lowest BCUT2D eigenvalue weighted by Crippen LogP contribution is -2.41. The Morgan fingerprint density at radius 1 is 1.06 bits per heavy atom. The quantitative estimate of drug-likeness (QED) is 0.634. The SMILES string of the molecule is N#CC1c2ccc(N3CCOCC3)cc2N(CC2CC2)C1c1ccc(NC(=O)NC2CCC2)cc1. The number of nitriles is 1. The summed E-state index contributed by atoms with van der Waals surface area (Å²) in [4.78, 5) is 17.1. The van der Waals surface area contributed by atoms with Crippen molar-refractivity contribution in [1.82, 2.24) is 5.32 Å². The number of urea groups is 1. The summed E-state index contributed by atoms with van der Waals surface area (Å²) in [5.74, 6) is 0.481. The van der Waals surface area contributed by atoms with Gasteiger partial charge in [-0.05, 0) is 73.4 Å². The van der Waals surface area contributed by atoms with E-state index in [1.165, 1.54) is 30.6 Å². The van der Waals surface area contributed by atoms with E-state index in [-0.39, 0.29) is 18.0 Å². The predicted octanol–water partition coefficient (Wildman–Crippen LogP) is 4.78. The normalized spacial score (nSPS) is 23.9. The lowest BCUT2D eigenvalue weighted by Gasteiger charge is -2.31. The summed E-state index contributed by atoms with van der Waals surface area (Å²) in [5, 5.41) is 16.2. The fraction of sp³-hybridized carbons (Fsp3) is 0.500. The molecule has 35 heavy (non-hydrogen) atoms. The highest BCUT2D eigenvalue weighted by Crippen LogP contribution is 2.51. The zero-order valence-electron chi connectivity index (χ0n) is 20.1. The van der Waals surface area contributed by atoms with E-state index in [0.29, 0.717) is 12.0 Å². The molecule has 4 aliphatic rings. The van der Waals surface area contributed by atoms with Crippen molar-refractivity contribution in [1.29, 1.82) is 5.26 Å². The third-order valence-corrected chi connectivity index (χ3v) is 7.93. The Hall–Kier alpha value is -3.24. The first-order chi connectivity index (χ1) is 17.2. The van der Waals surface area contributed by atoms with Crippen LogP contribution in [-0.4, -0.2) is 44.9 Å². The van der Waals surface area contributed by atoms with Crippen LogP contribution in [0.1, 0.15) is 55.2 Å². The molecular formula is C28H33N5O2. The third-order valence-electron chi connectivity index (χ3n) is 7.93. The summed E-state index contributed by atoms with van der Waals surface area (Å²) in [6.07, 6.45) is 5.84. The van der Waals surface area contributed by atoms with E-state index in [1.54, 1.807) is 0 Å². The molecule has 2 aromatic rings. The molecule has 2 aliphatic heterocycles. The standard InChI is InChI=1S/C28H33N5O2/c29-17-25-24-11-10-23(32-12-14-35-15-13-32)16-26(24)33(18-19-4-5-19)27(25)20-6-8-22(9-7-20)31-28(34)30-21-2-1-3-21/h6-11,16,19,21,25,27H,1-5,12-15,18H2,(H2,30,31,34). The first kappa shape index (κ1) is 22.2. The van der Waals surface area contributed by atoms with Gasteiger partial charge in [0.2, 0.25) is 0 Å². The number of hydrogen-bond donors (Lipinski definition) is 2. The van der Waals surface area contributed by atoms with Crippen LogP contribution in [0.4, 0.5) is 21.9 Å². The number of carbonyl (C=O) groups excluding carboxylic acids is 1. The van der Waals surface area contributed by atoms with Gasteiger partial charge in [0.25, 0.3) is 0 Å². The van der Waals surface area contributed by atoms with Crippen LogP contribution in [0.5, 0.6) is 0 Å². The van der Waals surface area contributed by atoms with Gasteiger partial charge in [-0.25, -0.2) is 4.79 Å². The molecule has 0 spiro atoms. The molecule has 2 amide bonds. The molecule has 3 fully saturated rings. The zero-order valence-corrected chi connectivity index (χ0v) is 20.1. The smallest absolute Gasteiger partial charge is 0.319 e. The number of fused-ring (bicyclic) bond motifs is 1. The first-order valence-electron chi connectivity index (χ1n) is 13.0. The number of carbonyl (C=O) groups is 1. The Balaban J connectivity index is 1.25. The fourth-order valence-electron chi connectivity index (χ4n) is 5.53. The number of benzene rings is 2. The van der Waals surface area contributed by atoms with Gasteiger partial charge in [-0.15, -0.1) is 0 Å². The highest BCUT2D eigenvalue weighted by molar-refractivity contribution is 5.89. The van der Waals surface area contributed by atoms with Crippen LogP contribution >= 0.6 is 0 Å². The molecule has 6 rings (SSSR count). The molecule has 7 nitrogen and oxygen atoms in total. The summed E-state index contributed by atoms with van der Waals surface area (Å²) in [7, 11) is 0. The maximum atomic E-state index is 12.3. The van der Waals surface area contributed by atoms with Gasteiger partial charge in [0, 0.05) is 42.7 Å². The van der Waals surface area contributed by atoms with Crippen LogP contribution < -0.4 is 20.4 Å². The van der Waals surface area contributed by atoms with Gasteiger partial charge in [-0.2, -0.15) is 5.26 Å². The number of hydrogen-bond acceptors (Lipinski definition) is 5.